The molecule has 0 unspecified atom stereocenters. The third-order valence-electron chi connectivity index (χ3n) is 3.54. The van der Waals surface area contributed by atoms with Crippen molar-refractivity contribution in [2.75, 3.05) is 0 Å². The molecule has 0 nitrogen and oxygen atoms in total. The van der Waals surface area contributed by atoms with Crippen molar-refractivity contribution in [3.05, 3.63) is 70.3 Å². The molecule has 2 rings (SSSR count). The molecule has 0 aliphatic heterocycles. The summed E-state index contributed by atoms with van der Waals surface area (Å²) >= 11 is 0. The zero-order valence-electron chi connectivity index (χ0n) is 14.0. The van der Waals surface area contributed by atoms with E-state index >= 15 is 0 Å². The van der Waals surface area contributed by atoms with Crippen LogP contribution in [0, 0.1) is 35.3 Å². The van der Waals surface area contributed by atoms with Crippen molar-refractivity contribution in [2.45, 2.75) is 39.5 Å². The molecule has 2 heteroatoms. The van der Waals surface area contributed by atoms with Gasteiger partial charge in [-0.1, -0.05) is 50.2 Å². The molecule has 0 amide bonds. The maximum absolute atomic E-state index is 13.9. The van der Waals surface area contributed by atoms with Gasteiger partial charge in [0, 0.05) is 29.5 Å². The van der Waals surface area contributed by atoms with Crippen LogP contribution in [-0.2, 0) is 12.8 Å². The van der Waals surface area contributed by atoms with Crippen molar-refractivity contribution in [1.82, 2.24) is 0 Å². The Morgan fingerprint density at radius 3 is 2.04 bits per heavy atom. The van der Waals surface area contributed by atoms with E-state index in [0.717, 1.165) is 24.0 Å². The lowest BCUT2D eigenvalue weighted by molar-refractivity contribution is 0.552. The lowest BCUT2D eigenvalue weighted by Crippen LogP contribution is -1.96. The zero-order chi connectivity index (χ0) is 17.4. The van der Waals surface area contributed by atoms with Crippen LogP contribution in [0.2, 0.25) is 0 Å². The minimum Gasteiger partial charge on any atom is -0.207 e. The molecule has 0 saturated carbocycles. The van der Waals surface area contributed by atoms with Crippen LogP contribution in [0.25, 0.3) is 0 Å². The molecule has 0 fully saturated rings. The number of rotatable bonds is 3. The Kier molecular flexibility index (Phi) is 6.59. The van der Waals surface area contributed by atoms with Crippen molar-refractivity contribution in [2.24, 2.45) is 0 Å². The summed E-state index contributed by atoms with van der Waals surface area (Å²) in [6.07, 6.45) is 2.67. The molecule has 2 aromatic carbocycles. The average Bonchev–Trinajstić information content (AvgIpc) is 2.58. The van der Waals surface area contributed by atoms with Crippen LogP contribution in [0.4, 0.5) is 8.78 Å². The molecule has 0 aliphatic rings. The molecule has 2 aromatic rings. The van der Waals surface area contributed by atoms with E-state index < -0.39 is 11.6 Å². The molecule has 0 heterocycles. The highest BCUT2D eigenvalue weighted by atomic mass is 19.1. The van der Waals surface area contributed by atoms with Crippen LogP contribution >= 0.6 is 0 Å². The quantitative estimate of drug-likeness (QED) is 0.675. The van der Waals surface area contributed by atoms with E-state index in [-0.39, 0.29) is 5.56 Å². The predicted molar refractivity (Wildman–Crippen MR) is 94.5 cm³/mol. The molecule has 0 radical (unpaired) electrons. The van der Waals surface area contributed by atoms with Crippen molar-refractivity contribution >= 4 is 0 Å². The van der Waals surface area contributed by atoms with Crippen LogP contribution in [0.5, 0.6) is 0 Å². The van der Waals surface area contributed by atoms with Gasteiger partial charge in [-0.25, -0.2) is 8.78 Å². The molecule has 0 atom stereocenters. The number of hydrogen-bond acceptors (Lipinski definition) is 0. The number of hydrogen-bond donors (Lipinski definition) is 0. The Morgan fingerprint density at radius 2 is 1.46 bits per heavy atom. The Balaban J connectivity index is 2.15. The van der Waals surface area contributed by atoms with Gasteiger partial charge in [-0.3, -0.25) is 0 Å². The molecule has 24 heavy (non-hydrogen) atoms. The van der Waals surface area contributed by atoms with Gasteiger partial charge < -0.3 is 0 Å². The summed E-state index contributed by atoms with van der Waals surface area (Å²) in [5, 5.41) is 0. The first-order valence-corrected chi connectivity index (χ1v) is 8.18. The minimum absolute atomic E-state index is 0.139. The van der Waals surface area contributed by atoms with Crippen LogP contribution < -0.4 is 0 Å². The van der Waals surface area contributed by atoms with Gasteiger partial charge in [0.05, 0.1) is 0 Å². The molecule has 0 bridgehead atoms. The zero-order valence-corrected chi connectivity index (χ0v) is 14.0. The van der Waals surface area contributed by atoms with Gasteiger partial charge in [0.25, 0.3) is 0 Å². The molecule has 0 N–H and O–H groups in total. The fourth-order valence-corrected chi connectivity index (χ4v) is 2.30. The first-order chi connectivity index (χ1) is 11.6. The van der Waals surface area contributed by atoms with Crippen LogP contribution in [-0.4, -0.2) is 0 Å². The fourth-order valence-electron chi connectivity index (χ4n) is 2.30. The Hall–Kier alpha value is -2.58. The highest BCUT2D eigenvalue weighted by molar-refractivity contribution is 5.45. The maximum atomic E-state index is 13.9. The lowest BCUT2D eigenvalue weighted by Gasteiger charge is -2.03. The topological polar surface area (TPSA) is 0 Å². The SMILES string of the molecule is CCC#CCc1ccc(C#Cc2cc(F)c(CCC)c(F)c2)cc1. The van der Waals surface area contributed by atoms with Gasteiger partial charge in [-0.05, 0) is 36.2 Å². The predicted octanol–water partition coefficient (Wildman–Crippen LogP) is 5.27. The van der Waals surface area contributed by atoms with Gasteiger partial charge in [0.1, 0.15) is 11.6 Å². The maximum Gasteiger partial charge on any atom is 0.130 e. The summed E-state index contributed by atoms with van der Waals surface area (Å²) in [6, 6.07) is 10.3. The smallest absolute Gasteiger partial charge is 0.130 e. The summed E-state index contributed by atoms with van der Waals surface area (Å²) < 4.78 is 27.8. The van der Waals surface area contributed by atoms with Crippen molar-refractivity contribution in [3.63, 3.8) is 0 Å². The summed E-state index contributed by atoms with van der Waals surface area (Å²) in [4.78, 5) is 0. The van der Waals surface area contributed by atoms with E-state index in [9.17, 15) is 8.78 Å². The second-order valence-electron chi connectivity index (χ2n) is 5.50. The van der Waals surface area contributed by atoms with E-state index in [1.165, 1.54) is 12.1 Å². The number of halogens is 2. The summed E-state index contributed by atoms with van der Waals surface area (Å²) in [5.41, 5.74) is 2.42. The van der Waals surface area contributed by atoms with E-state index in [0.29, 0.717) is 18.4 Å². The molecule has 0 aromatic heterocycles. The van der Waals surface area contributed by atoms with Gasteiger partial charge in [-0.15, -0.1) is 5.92 Å². The highest BCUT2D eigenvalue weighted by Crippen LogP contribution is 2.17. The standard InChI is InChI=1S/C22H20F2/c1-3-5-6-8-17-9-11-18(12-10-17)13-14-19-15-21(23)20(7-4-2)22(24)16-19/h9-12,15-16H,3-4,7-8H2,1-2H3. The molecular formula is C22H20F2. The fraction of sp³-hybridized carbons (Fsp3) is 0.273. The first-order valence-electron chi connectivity index (χ1n) is 8.18. The van der Waals surface area contributed by atoms with E-state index in [1.807, 2.05) is 38.1 Å². The number of benzene rings is 2. The average molecular weight is 322 g/mol. The largest absolute Gasteiger partial charge is 0.207 e. The Labute approximate surface area is 142 Å². The summed E-state index contributed by atoms with van der Waals surface area (Å²) in [6.45, 7) is 3.91. The molecule has 0 saturated heterocycles. The van der Waals surface area contributed by atoms with Gasteiger partial charge in [0.2, 0.25) is 0 Å². The Bertz CT molecular complexity index is 786. The lowest BCUT2D eigenvalue weighted by atomic mass is 10.1. The van der Waals surface area contributed by atoms with Crippen LogP contribution in [0.3, 0.4) is 0 Å². The third kappa shape index (κ3) is 4.97. The normalized spacial score (nSPS) is 9.67. The monoisotopic (exact) mass is 322 g/mol. The Morgan fingerprint density at radius 1 is 0.833 bits per heavy atom. The van der Waals surface area contributed by atoms with E-state index in [4.69, 9.17) is 0 Å². The first kappa shape index (κ1) is 17.8. The minimum atomic E-state index is -0.522. The van der Waals surface area contributed by atoms with E-state index in [1.54, 1.807) is 0 Å². The van der Waals surface area contributed by atoms with Crippen molar-refractivity contribution < 1.29 is 8.78 Å². The summed E-state index contributed by atoms with van der Waals surface area (Å²) in [7, 11) is 0. The molecule has 0 aliphatic carbocycles. The highest BCUT2D eigenvalue weighted by Gasteiger charge is 2.09. The second-order valence-corrected chi connectivity index (χ2v) is 5.50. The summed E-state index contributed by atoms with van der Waals surface area (Å²) in [5.74, 6) is 10.8. The second kappa shape index (κ2) is 8.90. The molecule has 0 spiro atoms. The molecular weight excluding hydrogens is 302 g/mol. The van der Waals surface area contributed by atoms with Crippen molar-refractivity contribution in [3.8, 4) is 23.7 Å². The van der Waals surface area contributed by atoms with Gasteiger partial charge >= 0.3 is 0 Å². The van der Waals surface area contributed by atoms with Gasteiger partial charge in [0.15, 0.2) is 0 Å². The van der Waals surface area contributed by atoms with E-state index in [2.05, 4.69) is 23.7 Å². The molecule has 122 valence electrons. The van der Waals surface area contributed by atoms with Crippen molar-refractivity contribution in [1.29, 1.82) is 0 Å². The van der Waals surface area contributed by atoms with Crippen LogP contribution in [0.1, 0.15) is 48.9 Å². The van der Waals surface area contributed by atoms with Crippen LogP contribution in [0.15, 0.2) is 36.4 Å². The third-order valence-corrected chi connectivity index (χ3v) is 3.54. The van der Waals surface area contributed by atoms with Gasteiger partial charge in [-0.2, -0.15) is 0 Å².